The van der Waals surface area contributed by atoms with E-state index in [-0.39, 0.29) is 24.2 Å². The normalized spacial score (nSPS) is 18.2. The first kappa shape index (κ1) is 17.8. The summed E-state index contributed by atoms with van der Waals surface area (Å²) < 4.78 is 1.10. The molecule has 1 saturated heterocycles. The van der Waals surface area contributed by atoms with Crippen molar-refractivity contribution in [3.63, 3.8) is 0 Å². The maximum absolute atomic E-state index is 12.2. The molecular weight excluding hydrogens is 453 g/mol. The topological polar surface area (TPSA) is 96.3 Å². The van der Waals surface area contributed by atoms with E-state index >= 15 is 0 Å². The van der Waals surface area contributed by atoms with Gasteiger partial charge in [-0.15, -0.1) is 0 Å². The van der Waals surface area contributed by atoms with Gasteiger partial charge in [-0.3, -0.25) is 9.59 Å². The first-order valence-electron chi connectivity index (χ1n) is 7.40. The molecule has 2 N–H and O–H groups in total. The summed E-state index contributed by atoms with van der Waals surface area (Å²) in [5, 5.41) is 5.38. The maximum Gasteiger partial charge on any atom is 0.251 e. The van der Waals surface area contributed by atoms with Crippen LogP contribution in [-0.2, 0) is 9.59 Å². The highest BCUT2D eigenvalue weighted by Gasteiger charge is 2.32. The van der Waals surface area contributed by atoms with Crippen molar-refractivity contribution in [3.05, 3.63) is 45.8 Å². The monoisotopic (exact) mass is 467 g/mol. The molecule has 3 rings (SSSR count). The Morgan fingerprint density at radius 2 is 2.16 bits per heavy atom. The molecule has 2 amide bonds. The average Bonchev–Trinajstić information content (AvgIpc) is 2.90. The summed E-state index contributed by atoms with van der Waals surface area (Å²) in [5.74, 6) is -0.187. The second-order valence-electron chi connectivity index (χ2n) is 5.27. The van der Waals surface area contributed by atoms with E-state index in [9.17, 15) is 9.59 Å². The summed E-state index contributed by atoms with van der Waals surface area (Å²) in [6, 6.07) is 7.45. The molecule has 1 aliphatic rings. The molecule has 0 spiro atoms. The van der Waals surface area contributed by atoms with Crippen molar-refractivity contribution in [2.24, 2.45) is 4.99 Å². The summed E-state index contributed by atoms with van der Waals surface area (Å²) in [6.45, 7) is 1.93. The molecule has 1 fully saturated rings. The average molecular weight is 467 g/mol. The molecule has 2 aromatic rings. The number of aromatic nitrogens is 2. The number of benzene rings is 1. The predicted octanol–water partition coefficient (Wildman–Crippen LogP) is 2.64. The fraction of sp³-hybridized carbons (Fsp3) is 0.188. The number of rotatable bonds is 4. The first-order valence-corrected chi connectivity index (χ1v) is 9.36. The molecule has 1 aliphatic heterocycles. The zero-order chi connectivity index (χ0) is 17.8. The van der Waals surface area contributed by atoms with Crippen LogP contribution in [0.5, 0.6) is 0 Å². The molecule has 1 unspecified atom stereocenters. The van der Waals surface area contributed by atoms with Crippen LogP contribution >= 0.6 is 34.4 Å². The van der Waals surface area contributed by atoms with Crippen LogP contribution in [0.15, 0.2) is 41.7 Å². The van der Waals surface area contributed by atoms with E-state index in [1.165, 1.54) is 11.8 Å². The Bertz CT molecular complexity index is 844. The van der Waals surface area contributed by atoms with Gasteiger partial charge in [0.2, 0.25) is 11.8 Å². The van der Waals surface area contributed by atoms with E-state index in [0.717, 1.165) is 14.8 Å². The molecule has 1 aromatic carbocycles. The maximum atomic E-state index is 12.2. The third-order valence-corrected chi connectivity index (χ3v) is 5.12. The van der Waals surface area contributed by atoms with Gasteiger partial charge in [0.05, 0.1) is 0 Å². The number of amidine groups is 1. The molecule has 2 heterocycles. The summed E-state index contributed by atoms with van der Waals surface area (Å²) >= 11 is 3.42. The lowest BCUT2D eigenvalue weighted by Crippen LogP contribution is -2.28. The Hall–Kier alpha value is -2.01. The van der Waals surface area contributed by atoms with Crippen LogP contribution < -0.4 is 10.6 Å². The molecule has 25 heavy (non-hydrogen) atoms. The molecule has 1 aromatic heterocycles. The highest BCUT2D eigenvalue weighted by Crippen LogP contribution is 2.25. The summed E-state index contributed by atoms with van der Waals surface area (Å²) in [5.41, 5.74) is 1.73. The van der Waals surface area contributed by atoms with Gasteiger partial charge in [0, 0.05) is 28.1 Å². The Balaban J connectivity index is 1.62. The standard InChI is InChI=1S/C16H14IN5O2S/c1-9-7-10(17)3-4-11(9)20-13(23)8-12-14(24)21-16(25-12)22-15-18-5-2-6-19-15/h2-7,12H,8H2,1H3,(H,20,23)(H,18,19,21,22,24). The van der Waals surface area contributed by atoms with Crippen molar-refractivity contribution in [2.45, 2.75) is 18.6 Å². The Morgan fingerprint density at radius 3 is 2.88 bits per heavy atom. The van der Waals surface area contributed by atoms with Gasteiger partial charge in [0.25, 0.3) is 5.95 Å². The van der Waals surface area contributed by atoms with Gasteiger partial charge in [0.1, 0.15) is 5.25 Å². The van der Waals surface area contributed by atoms with Crippen molar-refractivity contribution in [1.82, 2.24) is 15.3 Å². The number of hydrogen-bond acceptors (Lipinski definition) is 6. The van der Waals surface area contributed by atoms with Crippen LogP contribution in [0.4, 0.5) is 11.6 Å². The number of nitrogens with one attached hydrogen (secondary N) is 2. The van der Waals surface area contributed by atoms with Crippen molar-refractivity contribution >= 4 is 63.0 Å². The van der Waals surface area contributed by atoms with Gasteiger partial charge >= 0.3 is 0 Å². The van der Waals surface area contributed by atoms with E-state index < -0.39 is 5.25 Å². The van der Waals surface area contributed by atoms with Gasteiger partial charge in [-0.2, -0.15) is 4.99 Å². The quantitative estimate of drug-likeness (QED) is 0.675. The molecule has 1 atom stereocenters. The number of hydrogen-bond donors (Lipinski definition) is 2. The summed E-state index contributed by atoms with van der Waals surface area (Å²) in [6.07, 6.45) is 3.21. The zero-order valence-corrected chi connectivity index (χ0v) is 16.2. The molecule has 0 aliphatic carbocycles. The Kier molecular flexibility index (Phi) is 5.63. The van der Waals surface area contributed by atoms with Crippen molar-refractivity contribution < 1.29 is 9.59 Å². The number of anilines is 1. The summed E-state index contributed by atoms with van der Waals surface area (Å²) in [4.78, 5) is 36.4. The smallest absolute Gasteiger partial charge is 0.251 e. The Labute approximate surface area is 162 Å². The number of aryl methyl sites for hydroxylation is 1. The van der Waals surface area contributed by atoms with Crippen LogP contribution in [0, 0.1) is 10.5 Å². The van der Waals surface area contributed by atoms with Crippen LogP contribution in [0.25, 0.3) is 0 Å². The third-order valence-electron chi connectivity index (χ3n) is 3.36. The van der Waals surface area contributed by atoms with E-state index in [1.54, 1.807) is 18.5 Å². The number of thioether (sulfide) groups is 1. The molecule has 7 nitrogen and oxygen atoms in total. The number of halogens is 1. The molecular formula is C16H14IN5O2S. The fourth-order valence-electron chi connectivity index (χ4n) is 2.17. The van der Waals surface area contributed by atoms with Crippen LogP contribution in [0.1, 0.15) is 12.0 Å². The van der Waals surface area contributed by atoms with Crippen molar-refractivity contribution in [3.8, 4) is 0 Å². The van der Waals surface area contributed by atoms with Crippen LogP contribution in [0.2, 0.25) is 0 Å². The van der Waals surface area contributed by atoms with Gasteiger partial charge in [-0.1, -0.05) is 11.8 Å². The predicted molar refractivity (Wildman–Crippen MR) is 106 cm³/mol. The lowest BCUT2D eigenvalue weighted by Gasteiger charge is -2.10. The number of nitrogens with zero attached hydrogens (tertiary/aromatic N) is 3. The lowest BCUT2D eigenvalue weighted by atomic mass is 10.2. The van der Waals surface area contributed by atoms with E-state index in [2.05, 4.69) is 48.2 Å². The highest BCUT2D eigenvalue weighted by atomic mass is 127. The largest absolute Gasteiger partial charge is 0.326 e. The minimum Gasteiger partial charge on any atom is -0.326 e. The van der Waals surface area contributed by atoms with E-state index in [4.69, 9.17) is 0 Å². The lowest BCUT2D eigenvalue weighted by molar-refractivity contribution is -0.122. The minimum absolute atomic E-state index is 0.0661. The van der Waals surface area contributed by atoms with Crippen LogP contribution in [-0.4, -0.2) is 32.2 Å². The molecule has 9 heteroatoms. The summed E-state index contributed by atoms with van der Waals surface area (Å²) in [7, 11) is 0. The molecule has 0 saturated carbocycles. The second-order valence-corrected chi connectivity index (χ2v) is 7.71. The fourth-order valence-corrected chi connectivity index (χ4v) is 3.78. The minimum atomic E-state index is -0.522. The van der Waals surface area contributed by atoms with E-state index in [1.807, 2.05) is 25.1 Å². The van der Waals surface area contributed by atoms with Gasteiger partial charge in [-0.25, -0.2) is 9.97 Å². The molecule has 0 bridgehead atoms. The van der Waals surface area contributed by atoms with Gasteiger partial charge in [0.15, 0.2) is 5.17 Å². The number of aliphatic imine (C=N–C) groups is 1. The van der Waals surface area contributed by atoms with Gasteiger partial charge in [-0.05, 0) is 59.3 Å². The van der Waals surface area contributed by atoms with Gasteiger partial charge < -0.3 is 10.6 Å². The third kappa shape index (κ3) is 4.75. The van der Waals surface area contributed by atoms with Crippen molar-refractivity contribution in [1.29, 1.82) is 0 Å². The van der Waals surface area contributed by atoms with Crippen LogP contribution in [0.3, 0.4) is 0 Å². The van der Waals surface area contributed by atoms with Crippen molar-refractivity contribution in [2.75, 3.05) is 5.32 Å². The number of carbonyl (C=O) groups is 2. The second kappa shape index (κ2) is 7.91. The molecule has 128 valence electrons. The number of carbonyl (C=O) groups excluding carboxylic acids is 2. The molecule has 0 radical (unpaired) electrons. The Morgan fingerprint density at radius 1 is 1.40 bits per heavy atom. The highest BCUT2D eigenvalue weighted by molar-refractivity contribution is 14.1. The first-order chi connectivity index (χ1) is 12.0. The SMILES string of the molecule is Cc1cc(I)ccc1NC(=O)CC1S/C(=N\c2ncccn2)NC1=O. The number of amides is 2. The van der Waals surface area contributed by atoms with E-state index in [0.29, 0.717) is 5.17 Å². The zero-order valence-electron chi connectivity index (χ0n) is 13.2.